The van der Waals surface area contributed by atoms with Gasteiger partial charge in [0, 0.05) is 18.7 Å². The number of guanidine groups is 1. The van der Waals surface area contributed by atoms with E-state index in [-0.39, 0.29) is 48.2 Å². The number of hydrogen-bond acceptors (Lipinski definition) is 4. The van der Waals surface area contributed by atoms with Crippen LogP contribution in [-0.4, -0.2) is 38.7 Å². The smallest absolute Gasteiger partial charge is 0.387 e. The summed E-state index contributed by atoms with van der Waals surface area (Å²) in [6.45, 7) is 3.72. The van der Waals surface area contributed by atoms with Gasteiger partial charge in [0.2, 0.25) is 0 Å². The van der Waals surface area contributed by atoms with Gasteiger partial charge in [-0.25, -0.2) is 4.99 Å². The summed E-state index contributed by atoms with van der Waals surface area (Å²) in [4.78, 5) is 15.8. The Bertz CT molecular complexity index is 601. The number of carbonyl (C=O) groups excluding carboxylic acids is 1. The number of rotatable bonds is 8. The number of benzene rings is 1. The second-order valence-corrected chi connectivity index (χ2v) is 5.49. The first-order chi connectivity index (χ1) is 11.9. The van der Waals surface area contributed by atoms with Gasteiger partial charge in [-0.3, -0.25) is 4.79 Å². The summed E-state index contributed by atoms with van der Waals surface area (Å²) in [5, 5.41) is 6.07. The lowest BCUT2D eigenvalue weighted by Gasteiger charge is -2.15. The topological polar surface area (TPSA) is 72.0 Å². The molecule has 26 heavy (non-hydrogen) atoms. The second-order valence-electron chi connectivity index (χ2n) is 5.49. The largest absolute Gasteiger partial charge is 0.469 e. The third kappa shape index (κ3) is 8.63. The average Bonchev–Trinajstić information content (AvgIpc) is 2.57. The number of esters is 1. The minimum Gasteiger partial charge on any atom is -0.469 e. The number of halogens is 3. The fourth-order valence-electron chi connectivity index (χ4n) is 2.08. The molecule has 1 atom stereocenters. The number of nitrogens with zero attached hydrogens (tertiary/aromatic N) is 1. The van der Waals surface area contributed by atoms with E-state index in [1.165, 1.54) is 13.2 Å². The molecule has 0 aliphatic heterocycles. The normalized spacial score (nSPS) is 12.2. The summed E-state index contributed by atoms with van der Waals surface area (Å²) in [5.41, 5.74) is 1.47. The molecule has 2 N–H and O–H groups in total. The molecular formula is C17H26F2IN3O3. The molecule has 0 aliphatic rings. The van der Waals surface area contributed by atoms with E-state index in [1.54, 1.807) is 19.1 Å². The molecule has 0 aromatic heterocycles. The van der Waals surface area contributed by atoms with Crippen LogP contribution in [0.25, 0.3) is 0 Å². The molecule has 6 nitrogen and oxygen atoms in total. The van der Waals surface area contributed by atoms with Crippen LogP contribution in [0.5, 0.6) is 5.75 Å². The maximum atomic E-state index is 12.5. The van der Waals surface area contributed by atoms with Crippen LogP contribution in [0.4, 0.5) is 8.78 Å². The molecule has 0 saturated carbocycles. The Hall–Kier alpha value is -1.65. The van der Waals surface area contributed by atoms with Crippen molar-refractivity contribution in [2.45, 2.75) is 33.9 Å². The SMILES string of the molecule is CCNC(=NCc1cc(C)ccc1OC(F)F)NCC(C)C(=O)OC.I. The van der Waals surface area contributed by atoms with Crippen LogP contribution in [0, 0.1) is 12.8 Å². The van der Waals surface area contributed by atoms with Crippen molar-refractivity contribution in [1.82, 2.24) is 10.6 Å². The molecule has 0 amide bonds. The standard InChI is InChI=1S/C17H25F2N3O3.HI/c1-5-20-17(21-9-12(3)15(23)24-4)22-10-13-8-11(2)6-7-14(13)25-16(18)19;/h6-8,12,16H,5,9-10H2,1-4H3,(H2,20,21,22);1H. The van der Waals surface area contributed by atoms with Crippen molar-refractivity contribution in [2.75, 3.05) is 20.2 Å². The number of carbonyl (C=O) groups is 1. The predicted molar refractivity (Wildman–Crippen MR) is 107 cm³/mol. The summed E-state index contributed by atoms with van der Waals surface area (Å²) >= 11 is 0. The van der Waals surface area contributed by atoms with Crippen LogP contribution < -0.4 is 15.4 Å². The van der Waals surface area contributed by atoms with Crippen molar-refractivity contribution in [1.29, 1.82) is 0 Å². The minimum absolute atomic E-state index is 0. The number of ether oxygens (including phenoxy) is 2. The number of alkyl halides is 2. The van der Waals surface area contributed by atoms with Crippen LogP contribution in [0.1, 0.15) is 25.0 Å². The third-order valence-corrected chi connectivity index (χ3v) is 3.36. The van der Waals surface area contributed by atoms with E-state index in [4.69, 9.17) is 0 Å². The molecule has 0 radical (unpaired) electrons. The summed E-state index contributed by atoms with van der Waals surface area (Å²) in [6, 6.07) is 4.96. The zero-order chi connectivity index (χ0) is 18.8. The fourth-order valence-corrected chi connectivity index (χ4v) is 2.08. The van der Waals surface area contributed by atoms with Crippen LogP contribution in [0.3, 0.4) is 0 Å². The monoisotopic (exact) mass is 485 g/mol. The molecule has 0 heterocycles. The molecule has 1 rings (SSSR count). The van der Waals surface area contributed by atoms with E-state index in [1.807, 2.05) is 13.8 Å². The first kappa shape index (κ1) is 24.4. The van der Waals surface area contributed by atoms with E-state index < -0.39 is 6.61 Å². The molecule has 0 bridgehead atoms. The molecule has 0 aliphatic carbocycles. The van der Waals surface area contributed by atoms with Crippen LogP contribution in [0.2, 0.25) is 0 Å². The Balaban J connectivity index is 0.00000625. The van der Waals surface area contributed by atoms with Crippen molar-refractivity contribution in [3.05, 3.63) is 29.3 Å². The molecule has 1 unspecified atom stereocenters. The Morgan fingerprint density at radius 3 is 2.58 bits per heavy atom. The molecule has 1 aromatic carbocycles. The lowest BCUT2D eigenvalue weighted by Crippen LogP contribution is -2.40. The molecule has 0 spiro atoms. The van der Waals surface area contributed by atoms with Gasteiger partial charge in [-0.1, -0.05) is 24.6 Å². The number of methoxy groups -OCH3 is 1. The van der Waals surface area contributed by atoms with Crippen molar-refractivity contribution >= 4 is 35.9 Å². The van der Waals surface area contributed by atoms with Gasteiger partial charge < -0.3 is 20.1 Å². The molecule has 148 valence electrons. The zero-order valence-corrected chi connectivity index (χ0v) is 17.7. The highest BCUT2D eigenvalue weighted by atomic mass is 127. The summed E-state index contributed by atoms with van der Waals surface area (Å²) in [6.07, 6.45) is 0. The van der Waals surface area contributed by atoms with Crippen LogP contribution in [-0.2, 0) is 16.1 Å². The van der Waals surface area contributed by atoms with Gasteiger partial charge in [0.15, 0.2) is 5.96 Å². The Kier molecular flexibility index (Phi) is 11.9. The van der Waals surface area contributed by atoms with E-state index in [0.717, 1.165) is 5.56 Å². The first-order valence-corrected chi connectivity index (χ1v) is 8.01. The van der Waals surface area contributed by atoms with Crippen LogP contribution in [0.15, 0.2) is 23.2 Å². The molecule has 9 heteroatoms. The van der Waals surface area contributed by atoms with E-state index in [0.29, 0.717) is 24.6 Å². The zero-order valence-electron chi connectivity index (χ0n) is 15.3. The van der Waals surface area contributed by atoms with Crippen LogP contribution >= 0.6 is 24.0 Å². The van der Waals surface area contributed by atoms with Crippen molar-refractivity contribution in [3.63, 3.8) is 0 Å². The molecular weight excluding hydrogens is 459 g/mol. The van der Waals surface area contributed by atoms with Gasteiger partial charge in [0.1, 0.15) is 5.75 Å². The first-order valence-electron chi connectivity index (χ1n) is 8.01. The Morgan fingerprint density at radius 2 is 2.00 bits per heavy atom. The van der Waals surface area contributed by atoms with Gasteiger partial charge in [0.05, 0.1) is 19.6 Å². The maximum absolute atomic E-state index is 12.5. The minimum atomic E-state index is -2.89. The second kappa shape index (κ2) is 12.7. The van der Waals surface area contributed by atoms with Gasteiger partial charge in [-0.05, 0) is 19.9 Å². The highest BCUT2D eigenvalue weighted by Crippen LogP contribution is 2.22. The van der Waals surface area contributed by atoms with Crippen molar-refractivity contribution in [2.24, 2.45) is 10.9 Å². The van der Waals surface area contributed by atoms with E-state index in [2.05, 4.69) is 25.1 Å². The van der Waals surface area contributed by atoms with Gasteiger partial charge in [-0.2, -0.15) is 8.78 Å². The quantitative estimate of drug-likeness (QED) is 0.257. The highest BCUT2D eigenvalue weighted by Gasteiger charge is 2.14. The predicted octanol–water partition coefficient (Wildman–Crippen LogP) is 3.08. The average molecular weight is 485 g/mol. The number of nitrogens with one attached hydrogen (secondary N) is 2. The Labute approximate surface area is 169 Å². The Morgan fingerprint density at radius 1 is 1.31 bits per heavy atom. The molecule has 0 saturated heterocycles. The van der Waals surface area contributed by atoms with Gasteiger partial charge >= 0.3 is 12.6 Å². The van der Waals surface area contributed by atoms with Crippen molar-refractivity contribution in [3.8, 4) is 5.75 Å². The number of hydrogen-bond donors (Lipinski definition) is 2. The van der Waals surface area contributed by atoms with E-state index >= 15 is 0 Å². The fraction of sp³-hybridized carbons (Fsp3) is 0.529. The van der Waals surface area contributed by atoms with Gasteiger partial charge in [-0.15, -0.1) is 24.0 Å². The lowest BCUT2D eigenvalue weighted by molar-refractivity contribution is -0.144. The van der Waals surface area contributed by atoms with Gasteiger partial charge in [0.25, 0.3) is 0 Å². The lowest BCUT2D eigenvalue weighted by atomic mass is 10.1. The van der Waals surface area contributed by atoms with E-state index in [9.17, 15) is 13.6 Å². The summed E-state index contributed by atoms with van der Waals surface area (Å²) < 4.78 is 34.2. The maximum Gasteiger partial charge on any atom is 0.387 e. The summed E-state index contributed by atoms with van der Waals surface area (Å²) in [5.74, 6) is -0.0916. The molecule has 1 aromatic rings. The molecule has 0 fully saturated rings. The summed E-state index contributed by atoms with van der Waals surface area (Å²) in [7, 11) is 1.33. The number of aryl methyl sites for hydroxylation is 1. The number of aliphatic imine (C=N–C) groups is 1. The highest BCUT2D eigenvalue weighted by molar-refractivity contribution is 14.0. The van der Waals surface area contributed by atoms with Crippen molar-refractivity contribution < 1.29 is 23.0 Å². The third-order valence-electron chi connectivity index (χ3n) is 3.36.